The molecule has 0 radical (unpaired) electrons. The molecule has 1 aromatic carbocycles. The van der Waals surface area contributed by atoms with Crippen LogP contribution in [0.3, 0.4) is 0 Å². The van der Waals surface area contributed by atoms with Gasteiger partial charge in [-0.15, -0.1) is 0 Å². The van der Waals surface area contributed by atoms with E-state index in [1.807, 2.05) is 17.8 Å². The monoisotopic (exact) mass is 498 g/mol. The van der Waals surface area contributed by atoms with Crippen LogP contribution in [-0.4, -0.2) is 49.1 Å². The Morgan fingerprint density at radius 1 is 1.09 bits per heavy atom. The predicted molar refractivity (Wildman–Crippen MR) is 136 cm³/mol. The minimum absolute atomic E-state index is 0.224. The lowest BCUT2D eigenvalue weighted by Crippen LogP contribution is -2.35. The number of carbonyl (C=O) groups excluding carboxylic acids is 1. The van der Waals surface area contributed by atoms with E-state index in [1.165, 1.54) is 21.4 Å². The van der Waals surface area contributed by atoms with Gasteiger partial charge in [0.1, 0.15) is 21.6 Å². The van der Waals surface area contributed by atoms with Crippen molar-refractivity contribution >= 4 is 63.5 Å². The molecule has 5 rings (SSSR count). The molecule has 168 valence electrons. The number of benzene rings is 1. The summed E-state index contributed by atoms with van der Waals surface area (Å²) in [4.78, 5) is 35.3. The van der Waals surface area contributed by atoms with E-state index in [0.717, 1.165) is 41.9 Å². The number of hydrogen-bond acceptors (Lipinski definition) is 7. The van der Waals surface area contributed by atoms with Crippen LogP contribution in [0.1, 0.15) is 11.1 Å². The molecule has 2 saturated heterocycles. The fourth-order valence-electron chi connectivity index (χ4n) is 3.77. The summed E-state index contributed by atoms with van der Waals surface area (Å²) < 4.78 is 15.1. The van der Waals surface area contributed by atoms with E-state index in [1.54, 1.807) is 36.5 Å². The van der Waals surface area contributed by atoms with Gasteiger partial charge in [-0.25, -0.2) is 9.37 Å². The summed E-state index contributed by atoms with van der Waals surface area (Å²) in [6.45, 7) is 1.81. The number of hydrogen-bond donors (Lipinski definition) is 0. The molecule has 2 aromatic heterocycles. The number of carbonyl (C=O) groups is 1. The Balaban J connectivity index is 1.54. The van der Waals surface area contributed by atoms with Gasteiger partial charge in [-0.1, -0.05) is 42.2 Å². The van der Waals surface area contributed by atoms with Crippen LogP contribution in [0, 0.1) is 5.82 Å². The average molecular weight is 499 g/mol. The summed E-state index contributed by atoms with van der Waals surface area (Å²) in [6, 6.07) is 11.4. The molecule has 10 heteroatoms. The zero-order valence-electron chi connectivity index (χ0n) is 17.4. The van der Waals surface area contributed by atoms with Crippen LogP contribution in [-0.2, 0) is 11.3 Å². The number of thiocarbonyl (C=S) groups is 1. The number of fused-ring (bicyclic) bond motifs is 1. The lowest BCUT2D eigenvalue weighted by Gasteiger charge is -2.28. The maximum Gasteiger partial charge on any atom is 0.267 e. The van der Waals surface area contributed by atoms with Gasteiger partial charge >= 0.3 is 0 Å². The number of amides is 1. The molecule has 33 heavy (non-hydrogen) atoms. The fourth-order valence-corrected chi connectivity index (χ4v) is 5.91. The standard InChI is InChI=1S/C23H19FN4O2S3/c24-16-6-4-15(5-7-16)14-28-22(30)18(33-23(28)31)13-17-20(26-9-11-32-12-10-26)25-19-3-1-2-8-27(19)21(17)29/h1-8,13H,9-12,14H2/b18-13-. The first-order valence-electron chi connectivity index (χ1n) is 10.4. The number of rotatable bonds is 4. The van der Waals surface area contributed by atoms with E-state index >= 15 is 0 Å². The third kappa shape index (κ3) is 4.42. The largest absolute Gasteiger partial charge is 0.354 e. The van der Waals surface area contributed by atoms with Gasteiger partial charge in [0.25, 0.3) is 11.5 Å². The molecule has 0 spiro atoms. The van der Waals surface area contributed by atoms with Gasteiger partial charge in [-0.2, -0.15) is 11.8 Å². The number of aromatic nitrogens is 2. The van der Waals surface area contributed by atoms with Crippen molar-refractivity contribution in [1.82, 2.24) is 14.3 Å². The maximum atomic E-state index is 13.4. The van der Waals surface area contributed by atoms with Crippen LogP contribution in [0.5, 0.6) is 0 Å². The highest BCUT2D eigenvalue weighted by Crippen LogP contribution is 2.34. The number of pyridine rings is 1. The predicted octanol–water partition coefficient (Wildman–Crippen LogP) is 3.79. The maximum absolute atomic E-state index is 13.4. The van der Waals surface area contributed by atoms with Crippen molar-refractivity contribution in [3.05, 3.63) is 80.9 Å². The normalized spacial score (nSPS) is 18.0. The molecule has 0 bridgehead atoms. The molecule has 0 atom stereocenters. The van der Waals surface area contributed by atoms with E-state index in [2.05, 4.69) is 4.90 Å². The molecular weight excluding hydrogens is 479 g/mol. The molecule has 1 amide bonds. The number of nitrogens with zero attached hydrogens (tertiary/aromatic N) is 4. The van der Waals surface area contributed by atoms with Gasteiger partial charge in [0.2, 0.25) is 0 Å². The van der Waals surface area contributed by atoms with Crippen molar-refractivity contribution in [1.29, 1.82) is 0 Å². The van der Waals surface area contributed by atoms with Crippen molar-refractivity contribution in [3.63, 3.8) is 0 Å². The smallest absolute Gasteiger partial charge is 0.267 e. The van der Waals surface area contributed by atoms with Crippen LogP contribution >= 0.6 is 35.7 Å². The Morgan fingerprint density at radius 2 is 1.85 bits per heavy atom. The van der Waals surface area contributed by atoms with Crippen molar-refractivity contribution in [2.24, 2.45) is 0 Å². The van der Waals surface area contributed by atoms with Crippen LogP contribution in [0.4, 0.5) is 10.2 Å². The van der Waals surface area contributed by atoms with Gasteiger partial charge < -0.3 is 4.90 Å². The highest BCUT2D eigenvalue weighted by molar-refractivity contribution is 8.26. The molecule has 2 fully saturated rings. The number of halogens is 1. The van der Waals surface area contributed by atoms with E-state index < -0.39 is 0 Å². The molecule has 4 heterocycles. The molecule has 6 nitrogen and oxygen atoms in total. The van der Waals surface area contributed by atoms with Crippen LogP contribution in [0.25, 0.3) is 11.7 Å². The zero-order chi connectivity index (χ0) is 22.9. The van der Waals surface area contributed by atoms with Crippen LogP contribution in [0.2, 0.25) is 0 Å². The first-order chi connectivity index (χ1) is 16.0. The second kappa shape index (κ2) is 9.28. The van der Waals surface area contributed by atoms with Gasteiger partial charge in [-0.3, -0.25) is 18.9 Å². The van der Waals surface area contributed by atoms with Crippen molar-refractivity contribution in [2.45, 2.75) is 6.54 Å². The lowest BCUT2D eigenvalue weighted by molar-refractivity contribution is -0.122. The molecule has 2 aliphatic rings. The van der Waals surface area contributed by atoms with Crippen molar-refractivity contribution in [3.8, 4) is 0 Å². The molecule has 0 saturated carbocycles. The molecule has 2 aliphatic heterocycles. The first kappa shape index (κ1) is 22.1. The third-order valence-electron chi connectivity index (χ3n) is 5.46. The summed E-state index contributed by atoms with van der Waals surface area (Å²) >= 11 is 8.48. The van der Waals surface area contributed by atoms with Gasteiger partial charge in [0.05, 0.1) is 17.0 Å². The van der Waals surface area contributed by atoms with Gasteiger partial charge in [-0.05, 0) is 35.9 Å². The molecule has 0 aliphatic carbocycles. The highest BCUT2D eigenvalue weighted by Gasteiger charge is 2.33. The molecule has 3 aromatic rings. The Labute approximate surface area is 203 Å². The molecule has 0 N–H and O–H groups in total. The summed E-state index contributed by atoms with van der Waals surface area (Å²) in [5, 5.41) is 0. The number of anilines is 1. The Kier molecular flexibility index (Phi) is 6.22. The average Bonchev–Trinajstić information content (AvgIpc) is 3.10. The van der Waals surface area contributed by atoms with Gasteiger partial charge in [0, 0.05) is 30.8 Å². The Hall–Kier alpha value is -2.69. The van der Waals surface area contributed by atoms with Crippen LogP contribution in [0.15, 0.2) is 58.4 Å². The van der Waals surface area contributed by atoms with E-state index in [-0.39, 0.29) is 23.8 Å². The highest BCUT2D eigenvalue weighted by atomic mass is 32.2. The van der Waals surface area contributed by atoms with Gasteiger partial charge in [0.15, 0.2) is 0 Å². The van der Waals surface area contributed by atoms with E-state index in [0.29, 0.717) is 26.3 Å². The molecular formula is C23H19FN4O2S3. The molecule has 0 unspecified atom stereocenters. The Morgan fingerprint density at radius 3 is 2.61 bits per heavy atom. The minimum Gasteiger partial charge on any atom is -0.354 e. The summed E-state index contributed by atoms with van der Waals surface area (Å²) in [7, 11) is 0. The second-order valence-electron chi connectivity index (χ2n) is 7.58. The van der Waals surface area contributed by atoms with E-state index in [4.69, 9.17) is 17.2 Å². The topological polar surface area (TPSA) is 57.9 Å². The van der Waals surface area contributed by atoms with Crippen molar-refractivity contribution < 1.29 is 9.18 Å². The quantitative estimate of drug-likeness (QED) is 0.401. The minimum atomic E-state index is -0.336. The Bertz CT molecular complexity index is 1330. The van der Waals surface area contributed by atoms with Crippen molar-refractivity contribution in [2.75, 3.05) is 29.5 Å². The van der Waals surface area contributed by atoms with Crippen LogP contribution < -0.4 is 10.5 Å². The summed E-state index contributed by atoms with van der Waals surface area (Å²) in [6.07, 6.45) is 3.30. The number of thioether (sulfide) groups is 2. The summed E-state index contributed by atoms with van der Waals surface area (Å²) in [5.74, 6) is 1.89. The zero-order valence-corrected chi connectivity index (χ0v) is 19.9. The second-order valence-corrected chi connectivity index (χ2v) is 10.5. The SMILES string of the molecule is O=C1/C(=C/c2c(N3CCSCC3)nc3ccccn3c2=O)SC(=S)N1Cc1ccc(F)cc1. The van der Waals surface area contributed by atoms with E-state index in [9.17, 15) is 14.0 Å². The summed E-state index contributed by atoms with van der Waals surface area (Å²) in [5.41, 5.74) is 1.50. The fraction of sp³-hybridized carbons (Fsp3) is 0.217. The third-order valence-corrected chi connectivity index (χ3v) is 7.78. The first-order valence-corrected chi connectivity index (χ1v) is 12.7. The lowest BCUT2D eigenvalue weighted by atomic mass is 10.2.